The number of rotatable bonds is 15. The lowest BCUT2D eigenvalue weighted by atomic mass is 9.98. The SMILES string of the molecule is CCCCCCCCP(c1ccccc1C)c1cccc(CCCC)c1CCCC. The van der Waals surface area contributed by atoms with Crippen molar-refractivity contribution in [2.45, 2.75) is 105 Å². The van der Waals surface area contributed by atoms with E-state index in [1.807, 2.05) is 0 Å². The maximum atomic E-state index is 2.48. The summed E-state index contributed by atoms with van der Waals surface area (Å²) in [5.74, 6) is 0. The summed E-state index contributed by atoms with van der Waals surface area (Å²) in [5, 5.41) is 3.31. The lowest BCUT2D eigenvalue weighted by Crippen LogP contribution is -2.21. The van der Waals surface area contributed by atoms with Crippen LogP contribution < -0.4 is 10.6 Å². The predicted octanol–water partition coefficient (Wildman–Crippen LogP) is 8.47. The van der Waals surface area contributed by atoms with Crippen LogP contribution >= 0.6 is 7.92 Å². The second-order valence-corrected chi connectivity index (χ2v) is 11.1. The van der Waals surface area contributed by atoms with Crippen molar-refractivity contribution in [1.82, 2.24) is 0 Å². The summed E-state index contributed by atoms with van der Waals surface area (Å²) in [4.78, 5) is 0. The van der Waals surface area contributed by atoms with Gasteiger partial charge in [0.05, 0.1) is 0 Å². The highest BCUT2D eigenvalue weighted by Gasteiger charge is 2.20. The molecule has 0 aliphatic rings. The Morgan fingerprint density at radius 3 is 1.97 bits per heavy atom. The molecule has 2 rings (SSSR count). The Balaban J connectivity index is 2.32. The van der Waals surface area contributed by atoms with Crippen LogP contribution in [0.3, 0.4) is 0 Å². The van der Waals surface area contributed by atoms with Gasteiger partial charge in [-0.25, -0.2) is 0 Å². The number of aryl methyl sites for hydroxylation is 2. The van der Waals surface area contributed by atoms with Crippen LogP contribution in [0.2, 0.25) is 0 Å². The Labute approximate surface area is 188 Å². The first kappa shape index (κ1) is 25.1. The van der Waals surface area contributed by atoms with Crippen molar-refractivity contribution in [3.8, 4) is 0 Å². The number of unbranched alkanes of at least 4 members (excludes halogenated alkanes) is 7. The molecule has 0 N–H and O–H groups in total. The normalized spacial score (nSPS) is 12.3. The summed E-state index contributed by atoms with van der Waals surface area (Å²) in [5.41, 5.74) is 4.81. The van der Waals surface area contributed by atoms with E-state index in [2.05, 4.69) is 70.2 Å². The zero-order chi connectivity index (χ0) is 21.6. The van der Waals surface area contributed by atoms with Crippen molar-refractivity contribution in [2.24, 2.45) is 0 Å². The molecule has 30 heavy (non-hydrogen) atoms. The Bertz CT molecular complexity index is 718. The van der Waals surface area contributed by atoms with E-state index < -0.39 is 0 Å². The third kappa shape index (κ3) is 7.85. The van der Waals surface area contributed by atoms with Gasteiger partial charge < -0.3 is 0 Å². The zero-order valence-corrected chi connectivity index (χ0v) is 21.1. The standard InChI is InChI=1S/C29H45P/c1-5-8-11-12-13-16-24-30(28-22-15-14-18-25(28)4)29-23-17-20-26(19-9-6-2)27(29)21-10-7-3/h14-15,17-18,20,22-23H,5-13,16,19,21,24H2,1-4H3. The number of benzene rings is 2. The molecule has 166 valence electrons. The molecule has 2 aromatic rings. The summed E-state index contributed by atoms with van der Waals surface area (Å²) in [6, 6.07) is 16.4. The van der Waals surface area contributed by atoms with Gasteiger partial charge in [-0.05, 0) is 80.4 Å². The van der Waals surface area contributed by atoms with Gasteiger partial charge in [-0.15, -0.1) is 0 Å². The number of hydrogen-bond acceptors (Lipinski definition) is 0. The summed E-state index contributed by atoms with van der Waals surface area (Å²) in [6.45, 7) is 9.27. The van der Waals surface area contributed by atoms with Crippen LogP contribution in [-0.4, -0.2) is 6.16 Å². The molecule has 0 bridgehead atoms. The molecule has 0 aliphatic heterocycles. The molecule has 0 spiro atoms. The highest BCUT2D eigenvalue weighted by molar-refractivity contribution is 7.73. The van der Waals surface area contributed by atoms with Crippen molar-refractivity contribution >= 4 is 18.5 Å². The molecule has 0 saturated heterocycles. The van der Waals surface area contributed by atoms with Crippen LogP contribution in [0.15, 0.2) is 42.5 Å². The van der Waals surface area contributed by atoms with Gasteiger partial charge in [0, 0.05) is 0 Å². The molecule has 2 aromatic carbocycles. The molecule has 0 aromatic heterocycles. The van der Waals surface area contributed by atoms with Crippen LogP contribution in [0, 0.1) is 6.92 Å². The summed E-state index contributed by atoms with van der Waals surface area (Å²) < 4.78 is 0. The van der Waals surface area contributed by atoms with Gasteiger partial charge in [0.15, 0.2) is 0 Å². The maximum Gasteiger partial charge on any atom is -0.0160 e. The van der Waals surface area contributed by atoms with E-state index in [0.717, 1.165) is 0 Å². The van der Waals surface area contributed by atoms with Gasteiger partial charge >= 0.3 is 0 Å². The first-order chi connectivity index (χ1) is 14.7. The molecular formula is C29H45P. The van der Waals surface area contributed by atoms with Crippen LogP contribution in [0.25, 0.3) is 0 Å². The third-order valence-electron chi connectivity index (χ3n) is 6.26. The smallest absolute Gasteiger partial charge is 0.0160 e. The van der Waals surface area contributed by atoms with Gasteiger partial charge in [-0.2, -0.15) is 0 Å². The largest absolute Gasteiger partial charge is 0.0654 e. The van der Waals surface area contributed by atoms with E-state index in [1.165, 1.54) is 88.8 Å². The highest BCUT2D eigenvalue weighted by atomic mass is 31.1. The lowest BCUT2D eigenvalue weighted by molar-refractivity contribution is 0.626. The van der Waals surface area contributed by atoms with E-state index >= 15 is 0 Å². The van der Waals surface area contributed by atoms with E-state index in [4.69, 9.17) is 0 Å². The molecule has 1 unspecified atom stereocenters. The average molecular weight is 425 g/mol. The summed E-state index contributed by atoms with van der Waals surface area (Å²) in [6.07, 6.45) is 17.3. The minimum absolute atomic E-state index is 0.265. The molecule has 0 amide bonds. The highest BCUT2D eigenvalue weighted by Crippen LogP contribution is 2.38. The van der Waals surface area contributed by atoms with Crippen LogP contribution in [-0.2, 0) is 12.8 Å². The van der Waals surface area contributed by atoms with Crippen LogP contribution in [0.1, 0.15) is 102 Å². The Kier molecular flexibility index (Phi) is 12.4. The van der Waals surface area contributed by atoms with Gasteiger partial charge in [-0.3, -0.25) is 0 Å². The molecule has 0 nitrogen and oxygen atoms in total. The molecule has 0 saturated carbocycles. The minimum atomic E-state index is -0.265. The van der Waals surface area contributed by atoms with Crippen LogP contribution in [0.5, 0.6) is 0 Å². The monoisotopic (exact) mass is 424 g/mol. The Hall–Kier alpha value is -1.13. The molecule has 0 radical (unpaired) electrons. The fraction of sp³-hybridized carbons (Fsp3) is 0.586. The Morgan fingerprint density at radius 2 is 1.23 bits per heavy atom. The quantitative estimate of drug-likeness (QED) is 0.199. The van der Waals surface area contributed by atoms with Gasteiger partial charge in [0.25, 0.3) is 0 Å². The predicted molar refractivity (Wildman–Crippen MR) is 139 cm³/mol. The maximum absolute atomic E-state index is 2.48. The summed E-state index contributed by atoms with van der Waals surface area (Å²) >= 11 is 0. The van der Waals surface area contributed by atoms with E-state index in [0.29, 0.717) is 0 Å². The van der Waals surface area contributed by atoms with Crippen molar-refractivity contribution in [3.05, 3.63) is 59.2 Å². The van der Waals surface area contributed by atoms with Crippen LogP contribution in [0.4, 0.5) is 0 Å². The second-order valence-electron chi connectivity index (χ2n) is 8.83. The first-order valence-corrected chi connectivity index (χ1v) is 14.2. The van der Waals surface area contributed by atoms with Gasteiger partial charge in [0.2, 0.25) is 0 Å². The van der Waals surface area contributed by atoms with E-state index in [1.54, 1.807) is 21.7 Å². The third-order valence-corrected chi connectivity index (χ3v) is 9.11. The topological polar surface area (TPSA) is 0 Å². The molecule has 0 fully saturated rings. The molecular weight excluding hydrogens is 379 g/mol. The van der Waals surface area contributed by atoms with Gasteiger partial charge in [-0.1, -0.05) is 108 Å². The fourth-order valence-corrected chi connectivity index (χ4v) is 7.30. The first-order valence-electron chi connectivity index (χ1n) is 12.7. The Morgan fingerprint density at radius 1 is 0.600 bits per heavy atom. The average Bonchev–Trinajstić information content (AvgIpc) is 2.77. The van der Waals surface area contributed by atoms with Crippen molar-refractivity contribution in [3.63, 3.8) is 0 Å². The molecule has 0 heterocycles. The van der Waals surface area contributed by atoms with Crippen molar-refractivity contribution in [2.75, 3.05) is 6.16 Å². The fourth-order valence-electron chi connectivity index (χ4n) is 4.40. The second kappa shape index (κ2) is 14.8. The summed E-state index contributed by atoms with van der Waals surface area (Å²) in [7, 11) is -0.265. The molecule has 0 aliphatic carbocycles. The zero-order valence-electron chi connectivity index (χ0n) is 20.2. The minimum Gasteiger partial charge on any atom is -0.0654 e. The molecule has 1 heteroatoms. The van der Waals surface area contributed by atoms with E-state index in [-0.39, 0.29) is 7.92 Å². The number of hydrogen-bond donors (Lipinski definition) is 0. The van der Waals surface area contributed by atoms with Gasteiger partial charge in [0.1, 0.15) is 0 Å². The van der Waals surface area contributed by atoms with Crippen molar-refractivity contribution in [1.29, 1.82) is 0 Å². The lowest BCUT2D eigenvalue weighted by Gasteiger charge is -2.25. The molecule has 1 atom stereocenters. The van der Waals surface area contributed by atoms with Crippen molar-refractivity contribution < 1.29 is 0 Å². The van der Waals surface area contributed by atoms with E-state index in [9.17, 15) is 0 Å².